The van der Waals surface area contributed by atoms with Crippen molar-refractivity contribution in [3.8, 4) is 5.75 Å². The van der Waals surface area contributed by atoms with E-state index in [0.29, 0.717) is 23.7 Å². The average molecular weight is 284 g/mol. The number of ether oxygens (including phenoxy) is 1. The molecule has 1 heterocycles. The zero-order chi connectivity index (χ0) is 14.2. The van der Waals surface area contributed by atoms with E-state index in [1.54, 1.807) is 11.6 Å². The van der Waals surface area contributed by atoms with Gasteiger partial charge in [0.15, 0.2) is 0 Å². The Morgan fingerprint density at radius 1 is 0.952 bits per heavy atom. The molecule has 2 nitrogen and oxygen atoms in total. The molecule has 2 fully saturated rings. The van der Waals surface area contributed by atoms with Crippen LogP contribution in [-0.2, 0) is 4.74 Å². The molecule has 0 aromatic heterocycles. The minimum absolute atomic E-state index is 0.0529. The van der Waals surface area contributed by atoms with Gasteiger partial charge in [-0.15, -0.1) is 0 Å². The van der Waals surface area contributed by atoms with Crippen LogP contribution in [0, 0.1) is 11.8 Å². The van der Waals surface area contributed by atoms with Gasteiger partial charge in [0, 0.05) is 17.4 Å². The third-order valence-corrected chi connectivity index (χ3v) is 5.59. The molecule has 0 radical (unpaired) electrons. The zero-order valence-corrected chi connectivity index (χ0v) is 12.5. The molecule has 0 amide bonds. The molecular formula is C19H24O2. The third-order valence-electron chi connectivity index (χ3n) is 5.59. The van der Waals surface area contributed by atoms with Gasteiger partial charge in [0.1, 0.15) is 5.75 Å². The highest BCUT2D eigenvalue weighted by molar-refractivity contribution is 5.37. The SMILES string of the molecule is Oc1ccccc1[C@@H]1O[C@H]2CCCC[C@@H]2C2=CCCC[C@H]21. The second-order valence-electron chi connectivity index (χ2n) is 6.79. The van der Waals surface area contributed by atoms with Gasteiger partial charge in [-0.3, -0.25) is 0 Å². The van der Waals surface area contributed by atoms with Gasteiger partial charge in [-0.25, -0.2) is 0 Å². The summed E-state index contributed by atoms with van der Waals surface area (Å²) in [6, 6.07) is 7.73. The van der Waals surface area contributed by atoms with Crippen LogP contribution in [0.1, 0.15) is 56.6 Å². The molecule has 2 aliphatic carbocycles. The van der Waals surface area contributed by atoms with Crippen LogP contribution in [0.4, 0.5) is 0 Å². The normalized spacial score (nSPS) is 35.5. The summed E-state index contributed by atoms with van der Waals surface area (Å²) in [5.41, 5.74) is 2.63. The minimum atomic E-state index is 0.0529. The third kappa shape index (κ3) is 2.30. The summed E-state index contributed by atoms with van der Waals surface area (Å²) in [5, 5.41) is 10.2. The van der Waals surface area contributed by atoms with E-state index in [-0.39, 0.29) is 6.10 Å². The summed E-state index contributed by atoms with van der Waals surface area (Å²) in [7, 11) is 0. The number of fused-ring (bicyclic) bond motifs is 3. The largest absolute Gasteiger partial charge is 0.508 e. The van der Waals surface area contributed by atoms with Crippen molar-refractivity contribution in [1.82, 2.24) is 0 Å². The van der Waals surface area contributed by atoms with Crippen molar-refractivity contribution in [3.05, 3.63) is 41.5 Å². The number of benzene rings is 1. The molecule has 1 saturated heterocycles. The van der Waals surface area contributed by atoms with E-state index in [0.717, 1.165) is 5.56 Å². The summed E-state index contributed by atoms with van der Waals surface area (Å²) in [6.07, 6.45) is 11.7. The van der Waals surface area contributed by atoms with E-state index in [9.17, 15) is 5.11 Å². The van der Waals surface area contributed by atoms with Gasteiger partial charge in [0.25, 0.3) is 0 Å². The van der Waals surface area contributed by atoms with E-state index >= 15 is 0 Å². The number of phenolic OH excluding ortho intramolecular Hbond substituents is 1. The van der Waals surface area contributed by atoms with Crippen LogP contribution in [-0.4, -0.2) is 11.2 Å². The molecule has 0 unspecified atom stereocenters. The number of para-hydroxylation sites is 1. The predicted octanol–water partition coefficient (Wildman–Crippen LogP) is 4.75. The molecule has 2 heteroatoms. The second kappa shape index (κ2) is 5.49. The second-order valence-corrected chi connectivity index (χ2v) is 6.79. The maximum absolute atomic E-state index is 10.2. The Labute approximate surface area is 126 Å². The van der Waals surface area contributed by atoms with Gasteiger partial charge in [0.05, 0.1) is 12.2 Å². The first-order chi connectivity index (χ1) is 10.3. The molecule has 1 aromatic carbocycles. The number of hydrogen-bond acceptors (Lipinski definition) is 2. The molecule has 4 atom stereocenters. The Balaban J connectivity index is 1.72. The van der Waals surface area contributed by atoms with Crippen LogP contribution in [0.2, 0.25) is 0 Å². The van der Waals surface area contributed by atoms with Gasteiger partial charge in [-0.2, -0.15) is 0 Å². The number of allylic oxidation sites excluding steroid dienone is 1. The topological polar surface area (TPSA) is 29.5 Å². The van der Waals surface area contributed by atoms with Crippen molar-refractivity contribution in [3.63, 3.8) is 0 Å². The molecule has 0 bridgehead atoms. The number of aromatic hydroxyl groups is 1. The van der Waals surface area contributed by atoms with Gasteiger partial charge < -0.3 is 9.84 Å². The fourth-order valence-electron chi connectivity index (χ4n) is 4.62. The van der Waals surface area contributed by atoms with Gasteiger partial charge in [0.2, 0.25) is 0 Å². The lowest BCUT2D eigenvalue weighted by molar-refractivity contribution is -0.107. The van der Waals surface area contributed by atoms with Crippen LogP contribution in [0.5, 0.6) is 5.75 Å². The molecule has 0 spiro atoms. The smallest absolute Gasteiger partial charge is 0.121 e. The highest BCUT2D eigenvalue weighted by Gasteiger charge is 2.44. The maximum atomic E-state index is 10.2. The van der Waals surface area contributed by atoms with Crippen LogP contribution in [0.3, 0.4) is 0 Å². The number of phenols is 1. The first-order valence-electron chi connectivity index (χ1n) is 8.48. The highest BCUT2D eigenvalue weighted by Crippen LogP contribution is 2.52. The monoisotopic (exact) mass is 284 g/mol. The lowest BCUT2D eigenvalue weighted by Gasteiger charge is -2.47. The molecule has 1 aromatic rings. The summed E-state index contributed by atoms with van der Waals surface area (Å²) in [5.74, 6) is 1.51. The Hall–Kier alpha value is -1.28. The minimum Gasteiger partial charge on any atom is -0.508 e. The number of hydrogen-bond donors (Lipinski definition) is 1. The molecule has 112 valence electrons. The van der Waals surface area contributed by atoms with Crippen LogP contribution >= 0.6 is 0 Å². The van der Waals surface area contributed by atoms with E-state index in [1.165, 1.54) is 44.9 Å². The van der Waals surface area contributed by atoms with Crippen molar-refractivity contribution in [2.75, 3.05) is 0 Å². The fraction of sp³-hybridized carbons (Fsp3) is 0.579. The van der Waals surface area contributed by atoms with Gasteiger partial charge in [-0.05, 0) is 38.2 Å². The predicted molar refractivity (Wildman–Crippen MR) is 83.1 cm³/mol. The molecule has 21 heavy (non-hydrogen) atoms. The first kappa shape index (κ1) is 13.4. The summed E-state index contributed by atoms with van der Waals surface area (Å²) < 4.78 is 6.53. The summed E-state index contributed by atoms with van der Waals surface area (Å²) >= 11 is 0. The van der Waals surface area contributed by atoms with Crippen molar-refractivity contribution in [2.45, 2.75) is 57.2 Å². The van der Waals surface area contributed by atoms with Crippen LogP contribution < -0.4 is 0 Å². The molecule has 1 N–H and O–H groups in total. The lowest BCUT2D eigenvalue weighted by Crippen LogP contribution is -2.41. The Morgan fingerprint density at radius 2 is 1.76 bits per heavy atom. The molecule has 4 rings (SSSR count). The Morgan fingerprint density at radius 3 is 2.67 bits per heavy atom. The lowest BCUT2D eigenvalue weighted by atomic mass is 9.68. The fourth-order valence-corrected chi connectivity index (χ4v) is 4.62. The van der Waals surface area contributed by atoms with Crippen LogP contribution in [0.15, 0.2) is 35.9 Å². The van der Waals surface area contributed by atoms with E-state index in [2.05, 4.69) is 6.08 Å². The first-order valence-corrected chi connectivity index (χ1v) is 8.48. The van der Waals surface area contributed by atoms with Crippen LogP contribution in [0.25, 0.3) is 0 Å². The zero-order valence-electron chi connectivity index (χ0n) is 12.5. The summed E-state index contributed by atoms with van der Waals surface area (Å²) in [6.45, 7) is 0. The summed E-state index contributed by atoms with van der Waals surface area (Å²) in [4.78, 5) is 0. The Kier molecular flexibility index (Phi) is 3.50. The van der Waals surface area contributed by atoms with Gasteiger partial charge >= 0.3 is 0 Å². The Bertz CT molecular complexity index is 548. The molecule has 1 saturated carbocycles. The van der Waals surface area contributed by atoms with Crippen molar-refractivity contribution in [1.29, 1.82) is 0 Å². The maximum Gasteiger partial charge on any atom is 0.121 e. The molecule has 1 aliphatic heterocycles. The van der Waals surface area contributed by atoms with Gasteiger partial charge in [-0.1, -0.05) is 42.7 Å². The van der Waals surface area contributed by atoms with E-state index in [1.807, 2.05) is 18.2 Å². The average Bonchev–Trinajstić information content (AvgIpc) is 2.55. The highest BCUT2D eigenvalue weighted by atomic mass is 16.5. The van der Waals surface area contributed by atoms with Crippen molar-refractivity contribution >= 4 is 0 Å². The van der Waals surface area contributed by atoms with Crippen molar-refractivity contribution in [2.24, 2.45) is 11.8 Å². The van der Waals surface area contributed by atoms with E-state index in [4.69, 9.17) is 4.74 Å². The van der Waals surface area contributed by atoms with E-state index < -0.39 is 0 Å². The molecular weight excluding hydrogens is 260 g/mol. The quantitative estimate of drug-likeness (QED) is 0.754. The standard InChI is InChI=1S/C19H24O2/c20-17-11-5-3-10-16(17)19-15-9-2-1-7-13(15)14-8-4-6-12-18(14)21-19/h3,5,7,10-11,14-15,18-20H,1-2,4,6,8-9,12H2/t14-,15-,18+,19-/m1/s1. The van der Waals surface area contributed by atoms with Crippen molar-refractivity contribution < 1.29 is 9.84 Å². The number of rotatable bonds is 1. The molecule has 3 aliphatic rings.